The van der Waals surface area contributed by atoms with Gasteiger partial charge < -0.3 is 11.1 Å². The monoisotopic (exact) mass is 354 g/mol. The van der Waals surface area contributed by atoms with E-state index in [0.29, 0.717) is 4.99 Å². The maximum Gasteiger partial charge on any atom is 0.106 e. The summed E-state index contributed by atoms with van der Waals surface area (Å²) in [6.07, 6.45) is 0. The summed E-state index contributed by atoms with van der Waals surface area (Å²) in [4.78, 5) is 0.402. The lowest BCUT2D eigenvalue weighted by molar-refractivity contribution is 1.51. The first-order valence-electron chi connectivity index (χ1n) is 5.08. The van der Waals surface area contributed by atoms with Crippen LogP contribution in [0, 0.1) is 3.57 Å². The summed E-state index contributed by atoms with van der Waals surface area (Å²) in [5.74, 6) is 0. The van der Waals surface area contributed by atoms with Crippen molar-refractivity contribution in [3.05, 3.63) is 57.7 Å². The normalized spacial score (nSPS) is 9.94. The molecule has 3 N–H and O–H groups in total. The van der Waals surface area contributed by atoms with E-state index in [1.807, 2.05) is 42.5 Å². The fourth-order valence-electron chi connectivity index (χ4n) is 1.53. The molecule has 0 saturated heterocycles. The van der Waals surface area contributed by atoms with Crippen LogP contribution in [-0.4, -0.2) is 4.99 Å². The topological polar surface area (TPSA) is 38.0 Å². The predicted molar refractivity (Wildman–Crippen MR) is 84.8 cm³/mol. The summed E-state index contributed by atoms with van der Waals surface area (Å²) in [6.45, 7) is 0. The molecule has 17 heavy (non-hydrogen) atoms. The fraction of sp³-hybridized carbons (Fsp3) is 0. The molecule has 2 aromatic carbocycles. The van der Waals surface area contributed by atoms with Gasteiger partial charge in [-0.25, -0.2) is 0 Å². The van der Waals surface area contributed by atoms with Crippen molar-refractivity contribution in [2.24, 2.45) is 5.73 Å². The van der Waals surface area contributed by atoms with Crippen LogP contribution in [0.25, 0.3) is 0 Å². The van der Waals surface area contributed by atoms with Crippen molar-refractivity contribution in [2.75, 3.05) is 5.32 Å². The first-order valence-corrected chi connectivity index (χ1v) is 6.57. The van der Waals surface area contributed by atoms with Crippen molar-refractivity contribution >= 4 is 51.2 Å². The second-order valence-electron chi connectivity index (χ2n) is 3.55. The van der Waals surface area contributed by atoms with E-state index in [-0.39, 0.29) is 0 Å². The highest BCUT2D eigenvalue weighted by molar-refractivity contribution is 14.1. The van der Waals surface area contributed by atoms with Gasteiger partial charge in [0.15, 0.2) is 0 Å². The highest BCUT2D eigenvalue weighted by Gasteiger charge is 2.04. The predicted octanol–water partition coefficient (Wildman–Crippen LogP) is 3.67. The molecule has 2 nitrogen and oxygen atoms in total. The van der Waals surface area contributed by atoms with Gasteiger partial charge in [-0.15, -0.1) is 0 Å². The number of benzene rings is 2. The van der Waals surface area contributed by atoms with Crippen LogP contribution in [0.15, 0.2) is 48.5 Å². The Labute approximate surface area is 119 Å². The third kappa shape index (κ3) is 3.17. The lowest BCUT2D eigenvalue weighted by atomic mass is 10.1. The number of nitrogens with one attached hydrogen (secondary N) is 1. The highest BCUT2D eigenvalue weighted by Crippen LogP contribution is 2.21. The van der Waals surface area contributed by atoms with E-state index in [2.05, 4.69) is 34.0 Å². The SMILES string of the molecule is NC(=S)c1ccccc1Nc1cccc(I)c1. The van der Waals surface area contributed by atoms with Crippen LogP contribution in [-0.2, 0) is 0 Å². The van der Waals surface area contributed by atoms with Crippen molar-refractivity contribution in [1.82, 2.24) is 0 Å². The number of hydrogen-bond donors (Lipinski definition) is 2. The Morgan fingerprint density at radius 3 is 2.59 bits per heavy atom. The van der Waals surface area contributed by atoms with Crippen molar-refractivity contribution in [3.8, 4) is 0 Å². The summed E-state index contributed by atoms with van der Waals surface area (Å²) in [7, 11) is 0. The van der Waals surface area contributed by atoms with Crippen molar-refractivity contribution < 1.29 is 0 Å². The second-order valence-corrected chi connectivity index (χ2v) is 5.23. The van der Waals surface area contributed by atoms with E-state index in [1.54, 1.807) is 0 Å². The minimum Gasteiger partial charge on any atom is -0.389 e. The van der Waals surface area contributed by atoms with Gasteiger partial charge in [0, 0.05) is 20.5 Å². The summed E-state index contributed by atoms with van der Waals surface area (Å²) in [6, 6.07) is 15.9. The number of nitrogens with two attached hydrogens (primary N) is 1. The Morgan fingerprint density at radius 2 is 1.88 bits per heavy atom. The lowest BCUT2D eigenvalue weighted by Crippen LogP contribution is -2.11. The standard InChI is InChI=1S/C13H11IN2S/c14-9-4-3-5-10(8-9)16-12-7-2-1-6-11(12)13(15)17/h1-8,16H,(H2,15,17). The van der Waals surface area contributed by atoms with E-state index in [0.717, 1.165) is 16.9 Å². The number of halogens is 1. The molecule has 2 rings (SSSR count). The molecule has 0 unspecified atom stereocenters. The highest BCUT2D eigenvalue weighted by atomic mass is 127. The van der Waals surface area contributed by atoms with Gasteiger partial charge in [-0.1, -0.05) is 30.4 Å². The molecule has 0 fully saturated rings. The maximum atomic E-state index is 5.69. The van der Waals surface area contributed by atoms with E-state index in [4.69, 9.17) is 18.0 Å². The van der Waals surface area contributed by atoms with Crippen LogP contribution in [0.4, 0.5) is 11.4 Å². The van der Waals surface area contributed by atoms with E-state index in [9.17, 15) is 0 Å². The van der Waals surface area contributed by atoms with Gasteiger partial charge in [0.2, 0.25) is 0 Å². The van der Waals surface area contributed by atoms with Crippen LogP contribution >= 0.6 is 34.8 Å². The second kappa shape index (κ2) is 5.46. The number of para-hydroxylation sites is 1. The molecule has 0 bridgehead atoms. The third-order valence-corrected chi connectivity index (χ3v) is 3.19. The molecule has 86 valence electrons. The number of anilines is 2. The van der Waals surface area contributed by atoms with Crippen LogP contribution in [0.1, 0.15) is 5.56 Å². The van der Waals surface area contributed by atoms with Gasteiger partial charge >= 0.3 is 0 Å². The fourth-order valence-corrected chi connectivity index (χ4v) is 2.25. The summed E-state index contributed by atoms with van der Waals surface area (Å²) < 4.78 is 1.18. The first-order chi connectivity index (χ1) is 8.16. The van der Waals surface area contributed by atoms with Gasteiger partial charge in [-0.2, -0.15) is 0 Å². The Hall–Kier alpha value is -1.14. The van der Waals surface area contributed by atoms with Crippen molar-refractivity contribution in [3.63, 3.8) is 0 Å². The Morgan fingerprint density at radius 1 is 1.12 bits per heavy atom. The molecule has 0 aliphatic rings. The molecule has 2 aromatic rings. The van der Waals surface area contributed by atoms with Gasteiger partial charge in [0.1, 0.15) is 4.99 Å². The van der Waals surface area contributed by atoms with Crippen molar-refractivity contribution in [2.45, 2.75) is 0 Å². The Kier molecular flexibility index (Phi) is 3.96. The average molecular weight is 354 g/mol. The van der Waals surface area contributed by atoms with Gasteiger partial charge in [0.05, 0.1) is 0 Å². The van der Waals surface area contributed by atoms with Crippen LogP contribution in [0.2, 0.25) is 0 Å². The van der Waals surface area contributed by atoms with Crippen LogP contribution < -0.4 is 11.1 Å². The summed E-state index contributed by atoms with van der Waals surface area (Å²) >= 11 is 7.31. The molecule has 0 atom stereocenters. The zero-order valence-electron chi connectivity index (χ0n) is 8.98. The zero-order chi connectivity index (χ0) is 12.3. The zero-order valence-corrected chi connectivity index (χ0v) is 12.0. The van der Waals surface area contributed by atoms with Crippen LogP contribution in [0.3, 0.4) is 0 Å². The Balaban J connectivity index is 2.33. The minimum atomic E-state index is 0.402. The molecule has 0 aliphatic heterocycles. The number of thiocarbonyl (C=S) groups is 1. The molecule has 0 amide bonds. The Bertz CT molecular complexity index is 555. The third-order valence-electron chi connectivity index (χ3n) is 2.30. The number of hydrogen-bond acceptors (Lipinski definition) is 2. The van der Waals surface area contributed by atoms with Gasteiger partial charge in [-0.3, -0.25) is 0 Å². The summed E-state index contributed by atoms with van der Waals surface area (Å²) in [5, 5.41) is 3.32. The van der Waals surface area contributed by atoms with E-state index >= 15 is 0 Å². The largest absolute Gasteiger partial charge is 0.389 e. The molecule has 0 saturated carbocycles. The molecular weight excluding hydrogens is 343 g/mol. The quantitative estimate of drug-likeness (QED) is 0.653. The molecule has 0 spiro atoms. The molecule has 4 heteroatoms. The maximum absolute atomic E-state index is 5.69. The van der Waals surface area contributed by atoms with E-state index < -0.39 is 0 Å². The molecule has 0 aliphatic carbocycles. The summed E-state index contributed by atoms with van der Waals surface area (Å²) in [5.41, 5.74) is 8.51. The molecule has 0 aromatic heterocycles. The van der Waals surface area contributed by atoms with Gasteiger partial charge in [-0.05, 0) is 52.9 Å². The molecular formula is C13H11IN2S. The van der Waals surface area contributed by atoms with Gasteiger partial charge in [0.25, 0.3) is 0 Å². The first kappa shape index (κ1) is 12.3. The number of rotatable bonds is 3. The van der Waals surface area contributed by atoms with Crippen molar-refractivity contribution in [1.29, 1.82) is 0 Å². The molecule has 0 radical (unpaired) electrons. The smallest absolute Gasteiger partial charge is 0.106 e. The van der Waals surface area contributed by atoms with Crippen LogP contribution in [0.5, 0.6) is 0 Å². The molecule has 0 heterocycles. The van der Waals surface area contributed by atoms with E-state index in [1.165, 1.54) is 3.57 Å². The average Bonchev–Trinajstić information content (AvgIpc) is 2.29. The lowest BCUT2D eigenvalue weighted by Gasteiger charge is -2.11. The minimum absolute atomic E-state index is 0.402.